The molecule has 6 nitrogen and oxygen atoms in total. The molecule has 0 atom stereocenters. The highest BCUT2D eigenvalue weighted by Crippen LogP contribution is 2.39. The van der Waals surface area contributed by atoms with Gasteiger partial charge >= 0.3 is 10.1 Å². The van der Waals surface area contributed by atoms with E-state index in [0.717, 1.165) is 5.56 Å². The summed E-state index contributed by atoms with van der Waals surface area (Å²) in [4.78, 5) is 0.0320. The quantitative estimate of drug-likeness (QED) is 0.218. The van der Waals surface area contributed by atoms with Crippen LogP contribution >= 0.6 is 15.9 Å². The van der Waals surface area contributed by atoms with E-state index >= 15 is 0 Å². The predicted molar refractivity (Wildman–Crippen MR) is 126 cm³/mol. The van der Waals surface area contributed by atoms with E-state index in [2.05, 4.69) is 22.0 Å². The van der Waals surface area contributed by atoms with Gasteiger partial charge in [-0.1, -0.05) is 18.2 Å². The topological polar surface area (TPSA) is 85.6 Å². The Morgan fingerprint density at radius 2 is 1.78 bits per heavy atom. The molecule has 3 rings (SSSR count). The molecule has 164 valence electrons. The van der Waals surface area contributed by atoms with Crippen LogP contribution in [-0.4, -0.2) is 22.1 Å². The first-order valence-corrected chi connectivity index (χ1v) is 11.8. The average molecular weight is 514 g/mol. The second-order valence-corrected chi connectivity index (χ2v) is 8.91. The van der Waals surface area contributed by atoms with Crippen LogP contribution < -0.4 is 13.7 Å². The lowest BCUT2D eigenvalue weighted by Gasteiger charge is -2.14. The third-order valence-corrected chi connectivity index (χ3v) is 6.21. The molecule has 3 aromatic carbocycles. The Morgan fingerprint density at radius 1 is 1.09 bits per heavy atom. The van der Waals surface area contributed by atoms with Crippen molar-refractivity contribution in [2.45, 2.75) is 11.8 Å². The average Bonchev–Trinajstić information content (AvgIpc) is 2.80. The molecule has 0 N–H and O–H groups in total. The van der Waals surface area contributed by atoms with E-state index in [1.165, 1.54) is 12.1 Å². The van der Waals surface area contributed by atoms with E-state index in [4.69, 9.17) is 13.7 Å². The van der Waals surface area contributed by atoms with E-state index in [1.807, 2.05) is 0 Å². The summed E-state index contributed by atoms with van der Waals surface area (Å²) in [7, 11) is -2.48. The second-order valence-electron chi connectivity index (χ2n) is 6.51. The van der Waals surface area contributed by atoms with Crippen molar-refractivity contribution in [3.63, 3.8) is 0 Å². The number of halogens is 1. The van der Waals surface area contributed by atoms with Gasteiger partial charge in [0.25, 0.3) is 0 Å². The zero-order chi connectivity index (χ0) is 23.1. The number of allylic oxidation sites excluding steroid dienone is 1. The van der Waals surface area contributed by atoms with Gasteiger partial charge in [-0.2, -0.15) is 13.7 Å². The molecule has 0 radical (unpaired) electrons. The van der Waals surface area contributed by atoms with Gasteiger partial charge in [-0.15, -0.1) is 0 Å². The first kappa shape index (κ1) is 23.4. The zero-order valence-corrected chi connectivity index (χ0v) is 19.8. The lowest BCUT2D eigenvalue weighted by atomic mass is 10.0. The normalized spacial score (nSPS) is 11.5. The van der Waals surface area contributed by atoms with E-state index < -0.39 is 10.1 Å². The monoisotopic (exact) mass is 513 g/mol. The van der Waals surface area contributed by atoms with Gasteiger partial charge in [0.1, 0.15) is 10.6 Å². The smallest absolute Gasteiger partial charge is 0.339 e. The minimum atomic E-state index is -4.06. The second kappa shape index (κ2) is 10.4. The predicted octanol–water partition coefficient (Wildman–Crippen LogP) is 5.69. The molecule has 3 aromatic rings. The molecule has 0 heterocycles. The minimum absolute atomic E-state index is 0.0320. The number of benzene rings is 3. The van der Waals surface area contributed by atoms with E-state index in [-0.39, 0.29) is 16.4 Å². The third kappa shape index (κ3) is 5.49. The standard InChI is InChI=1S/C24H20BrNO5S/c1-3-30-23-15-17(13-19(16-26)18-9-11-20(29-2)12-10-18)14-22(25)24(23)31-32(27,28)21-7-5-4-6-8-21/h4-15H,3H2,1-2H3/b19-13+. The summed E-state index contributed by atoms with van der Waals surface area (Å²) in [5.74, 6) is 0.962. The SMILES string of the molecule is CCOc1cc(/C=C(\C#N)c2ccc(OC)cc2)cc(Br)c1OS(=O)(=O)c1ccccc1. The number of hydrogen-bond donors (Lipinski definition) is 0. The molecular weight excluding hydrogens is 494 g/mol. The number of nitriles is 1. The van der Waals surface area contributed by atoms with Crippen LogP contribution in [0.1, 0.15) is 18.1 Å². The maximum atomic E-state index is 12.7. The molecule has 0 aliphatic heterocycles. The molecule has 0 aliphatic carbocycles. The Labute approximate surface area is 195 Å². The van der Waals surface area contributed by atoms with Crippen LogP contribution in [0.4, 0.5) is 0 Å². The maximum absolute atomic E-state index is 12.7. The summed E-state index contributed by atoms with van der Waals surface area (Å²) >= 11 is 3.38. The molecule has 0 amide bonds. The molecule has 0 aromatic heterocycles. The van der Waals surface area contributed by atoms with Crippen molar-refractivity contribution >= 4 is 37.7 Å². The Balaban J connectivity index is 2.01. The van der Waals surface area contributed by atoms with Crippen LogP contribution in [0.3, 0.4) is 0 Å². The fourth-order valence-corrected chi connectivity index (χ4v) is 4.50. The van der Waals surface area contributed by atoms with Crippen LogP contribution in [0, 0.1) is 11.3 Å². The number of nitrogens with zero attached hydrogens (tertiary/aromatic N) is 1. The Hall–Kier alpha value is -3.28. The Bertz CT molecular complexity index is 1260. The van der Waals surface area contributed by atoms with Gasteiger partial charge in [-0.3, -0.25) is 0 Å². The van der Waals surface area contributed by atoms with Gasteiger partial charge in [0.2, 0.25) is 0 Å². The molecule has 0 bridgehead atoms. The Kier molecular flexibility index (Phi) is 7.57. The zero-order valence-electron chi connectivity index (χ0n) is 17.4. The molecule has 0 saturated carbocycles. The first-order chi connectivity index (χ1) is 15.4. The summed E-state index contributed by atoms with van der Waals surface area (Å²) in [6.07, 6.45) is 1.69. The highest BCUT2D eigenvalue weighted by Gasteiger charge is 2.22. The summed E-state index contributed by atoms with van der Waals surface area (Å²) in [5.41, 5.74) is 1.78. The number of ether oxygens (including phenoxy) is 2. The van der Waals surface area contributed by atoms with Gasteiger partial charge < -0.3 is 13.7 Å². The van der Waals surface area contributed by atoms with Crippen LogP contribution in [0.5, 0.6) is 17.2 Å². The van der Waals surface area contributed by atoms with Crippen molar-refractivity contribution in [2.75, 3.05) is 13.7 Å². The van der Waals surface area contributed by atoms with Crippen molar-refractivity contribution in [3.8, 4) is 23.3 Å². The molecule has 0 aliphatic rings. The Morgan fingerprint density at radius 3 is 2.38 bits per heavy atom. The molecule has 0 unspecified atom stereocenters. The third-order valence-electron chi connectivity index (χ3n) is 4.39. The lowest BCUT2D eigenvalue weighted by Crippen LogP contribution is -2.11. The summed E-state index contributed by atoms with van der Waals surface area (Å²) < 4.78 is 42.0. The van der Waals surface area contributed by atoms with Gasteiger partial charge in [-0.25, -0.2) is 0 Å². The number of hydrogen-bond acceptors (Lipinski definition) is 6. The van der Waals surface area contributed by atoms with Crippen LogP contribution in [0.2, 0.25) is 0 Å². The summed E-state index contributed by atoms with van der Waals surface area (Å²) in [6.45, 7) is 2.08. The molecule has 0 saturated heterocycles. The van der Waals surface area contributed by atoms with Crippen LogP contribution in [-0.2, 0) is 10.1 Å². The largest absolute Gasteiger partial charge is 0.497 e. The van der Waals surface area contributed by atoms with Crippen LogP contribution in [0.25, 0.3) is 11.6 Å². The fraction of sp³-hybridized carbons (Fsp3) is 0.125. The highest BCUT2D eigenvalue weighted by atomic mass is 79.9. The van der Waals surface area contributed by atoms with E-state index in [9.17, 15) is 13.7 Å². The molecular formula is C24H20BrNO5S. The van der Waals surface area contributed by atoms with Crippen LogP contribution in [0.15, 0.2) is 76.1 Å². The maximum Gasteiger partial charge on any atom is 0.339 e. The van der Waals surface area contributed by atoms with Gasteiger partial charge in [0.05, 0.1) is 29.8 Å². The lowest BCUT2D eigenvalue weighted by molar-refractivity contribution is 0.327. The molecule has 0 fully saturated rings. The van der Waals surface area contributed by atoms with Crippen molar-refractivity contribution in [2.24, 2.45) is 0 Å². The fourth-order valence-electron chi connectivity index (χ4n) is 2.88. The van der Waals surface area contributed by atoms with Crippen molar-refractivity contribution in [3.05, 3.63) is 82.3 Å². The molecule has 0 spiro atoms. The summed E-state index contributed by atoms with van der Waals surface area (Å²) in [6, 6.07) is 20.5. The molecule has 8 heteroatoms. The van der Waals surface area contributed by atoms with Crippen molar-refractivity contribution < 1.29 is 22.1 Å². The summed E-state index contributed by atoms with van der Waals surface area (Å²) in [5, 5.41) is 9.65. The minimum Gasteiger partial charge on any atom is -0.497 e. The molecule has 32 heavy (non-hydrogen) atoms. The van der Waals surface area contributed by atoms with Gasteiger partial charge in [0, 0.05) is 0 Å². The van der Waals surface area contributed by atoms with Crippen molar-refractivity contribution in [1.82, 2.24) is 0 Å². The van der Waals surface area contributed by atoms with E-state index in [0.29, 0.717) is 28.0 Å². The highest BCUT2D eigenvalue weighted by molar-refractivity contribution is 9.10. The van der Waals surface area contributed by atoms with Gasteiger partial charge in [-0.05, 0) is 88.6 Å². The number of rotatable bonds is 8. The number of methoxy groups -OCH3 is 1. The first-order valence-electron chi connectivity index (χ1n) is 9.60. The van der Waals surface area contributed by atoms with Crippen molar-refractivity contribution in [1.29, 1.82) is 5.26 Å². The van der Waals surface area contributed by atoms with E-state index in [1.54, 1.807) is 74.7 Å². The van der Waals surface area contributed by atoms with Gasteiger partial charge in [0.15, 0.2) is 11.5 Å².